The Morgan fingerprint density at radius 3 is 3.12 bits per heavy atom. The van der Waals surface area contributed by atoms with Crippen molar-refractivity contribution in [2.24, 2.45) is 5.92 Å². The number of aromatic amines is 1. The van der Waals surface area contributed by atoms with Gasteiger partial charge < -0.3 is 15.0 Å². The highest BCUT2D eigenvalue weighted by molar-refractivity contribution is 6.00. The normalized spacial score (nSPS) is 18.0. The fourth-order valence-corrected chi connectivity index (χ4v) is 2.99. The van der Waals surface area contributed by atoms with E-state index in [1.165, 1.54) is 0 Å². The minimum absolute atomic E-state index is 0.106. The van der Waals surface area contributed by atoms with Gasteiger partial charge in [-0.25, -0.2) is 0 Å². The molecule has 1 aliphatic rings. The van der Waals surface area contributed by atoms with Crippen LogP contribution in [-0.4, -0.2) is 71.3 Å². The zero-order chi connectivity index (χ0) is 16.8. The first-order valence-electron chi connectivity index (χ1n) is 8.10. The molecule has 8 heteroatoms. The number of tetrazole rings is 1. The molecule has 0 spiro atoms. The fraction of sp³-hybridized carbons (Fsp3) is 0.500. The molecule has 3 rings (SSSR count). The van der Waals surface area contributed by atoms with Gasteiger partial charge in [0.25, 0.3) is 5.91 Å². The van der Waals surface area contributed by atoms with Crippen molar-refractivity contribution in [1.82, 2.24) is 30.8 Å². The van der Waals surface area contributed by atoms with Gasteiger partial charge in [0.1, 0.15) is 0 Å². The summed E-state index contributed by atoms with van der Waals surface area (Å²) < 4.78 is 5.11. The van der Waals surface area contributed by atoms with Crippen LogP contribution in [0.15, 0.2) is 24.3 Å². The highest BCUT2D eigenvalue weighted by Gasteiger charge is 2.23. The highest BCUT2D eigenvalue weighted by Crippen LogP contribution is 2.19. The van der Waals surface area contributed by atoms with Crippen LogP contribution in [0.3, 0.4) is 0 Å². The number of nitrogens with zero attached hydrogens (tertiary/aromatic N) is 4. The molecule has 24 heavy (non-hydrogen) atoms. The molecule has 2 aromatic rings. The van der Waals surface area contributed by atoms with E-state index in [4.69, 9.17) is 4.74 Å². The fourth-order valence-electron chi connectivity index (χ4n) is 2.99. The number of likely N-dealkylation sites (tertiary alicyclic amines) is 1. The number of aromatic nitrogens is 4. The summed E-state index contributed by atoms with van der Waals surface area (Å²) in [5.41, 5.74) is 1.24. The number of hydrogen-bond acceptors (Lipinski definition) is 6. The maximum atomic E-state index is 12.5. The summed E-state index contributed by atoms with van der Waals surface area (Å²) >= 11 is 0. The van der Waals surface area contributed by atoms with Gasteiger partial charge >= 0.3 is 0 Å². The monoisotopic (exact) mass is 330 g/mol. The minimum Gasteiger partial charge on any atom is -0.383 e. The topological polar surface area (TPSA) is 96.0 Å². The number of carbonyl (C=O) groups excluding carboxylic acids is 1. The van der Waals surface area contributed by atoms with Gasteiger partial charge in [0, 0.05) is 32.3 Å². The number of H-pyrrole nitrogens is 1. The van der Waals surface area contributed by atoms with Gasteiger partial charge in [0.15, 0.2) is 0 Å². The molecule has 0 aliphatic carbocycles. The molecular weight excluding hydrogens is 308 g/mol. The van der Waals surface area contributed by atoms with Crippen LogP contribution in [0, 0.1) is 5.92 Å². The lowest BCUT2D eigenvalue weighted by atomic mass is 10.1. The molecule has 1 amide bonds. The first-order chi connectivity index (χ1) is 11.8. The van der Waals surface area contributed by atoms with E-state index in [-0.39, 0.29) is 5.91 Å². The Bertz CT molecular complexity index is 660. The minimum atomic E-state index is -0.106. The zero-order valence-corrected chi connectivity index (χ0v) is 13.7. The Kier molecular flexibility index (Phi) is 5.50. The van der Waals surface area contributed by atoms with E-state index in [2.05, 4.69) is 30.8 Å². The van der Waals surface area contributed by atoms with E-state index in [0.29, 0.717) is 29.4 Å². The van der Waals surface area contributed by atoms with Gasteiger partial charge in [0.2, 0.25) is 5.82 Å². The van der Waals surface area contributed by atoms with E-state index in [1.807, 2.05) is 18.2 Å². The Morgan fingerprint density at radius 1 is 1.46 bits per heavy atom. The van der Waals surface area contributed by atoms with Gasteiger partial charge in [-0.1, -0.05) is 18.2 Å². The average molecular weight is 330 g/mol. The lowest BCUT2D eigenvalue weighted by Gasteiger charge is -2.16. The maximum absolute atomic E-state index is 12.5. The Balaban J connectivity index is 1.57. The smallest absolute Gasteiger partial charge is 0.252 e. The second-order valence-electron chi connectivity index (χ2n) is 5.94. The third kappa shape index (κ3) is 3.95. The molecule has 0 saturated carbocycles. The SMILES string of the molecule is COCCN1CC[C@H](CNC(=O)c2ccccc2-c2nn[nH]n2)C1. The number of carbonyl (C=O) groups is 1. The van der Waals surface area contributed by atoms with Crippen LogP contribution in [0.1, 0.15) is 16.8 Å². The number of nitrogens with one attached hydrogen (secondary N) is 2. The quantitative estimate of drug-likeness (QED) is 0.770. The van der Waals surface area contributed by atoms with Crippen molar-refractivity contribution in [2.45, 2.75) is 6.42 Å². The standard InChI is InChI=1S/C16H22N6O2/c1-24-9-8-22-7-6-12(11-22)10-17-16(23)14-5-3-2-4-13(14)15-18-20-21-19-15/h2-5,12H,6-11H2,1H3,(H,17,23)(H,18,19,20,21)/t12-/m1/s1. The van der Waals surface area contributed by atoms with Crippen LogP contribution in [0.4, 0.5) is 0 Å². The van der Waals surface area contributed by atoms with Crippen molar-refractivity contribution in [2.75, 3.05) is 39.9 Å². The molecule has 1 saturated heterocycles. The third-order valence-corrected chi connectivity index (χ3v) is 4.29. The summed E-state index contributed by atoms with van der Waals surface area (Å²) in [6.07, 6.45) is 1.09. The van der Waals surface area contributed by atoms with Crippen LogP contribution in [0.5, 0.6) is 0 Å². The van der Waals surface area contributed by atoms with Crippen LogP contribution in [0.25, 0.3) is 11.4 Å². The number of ether oxygens (including phenoxy) is 1. The lowest BCUT2D eigenvalue weighted by molar-refractivity contribution is 0.0947. The molecule has 0 bridgehead atoms. The van der Waals surface area contributed by atoms with Crippen molar-refractivity contribution < 1.29 is 9.53 Å². The summed E-state index contributed by atoms with van der Waals surface area (Å²) in [6, 6.07) is 7.29. The van der Waals surface area contributed by atoms with Crippen LogP contribution in [-0.2, 0) is 4.74 Å². The Labute approximate surface area is 140 Å². The summed E-state index contributed by atoms with van der Waals surface area (Å²) in [7, 11) is 1.72. The molecule has 0 radical (unpaired) electrons. The zero-order valence-electron chi connectivity index (χ0n) is 13.7. The predicted molar refractivity (Wildman–Crippen MR) is 88.4 cm³/mol. The number of benzene rings is 1. The van der Waals surface area contributed by atoms with E-state index in [9.17, 15) is 4.79 Å². The third-order valence-electron chi connectivity index (χ3n) is 4.29. The number of amides is 1. The molecular formula is C16H22N6O2. The maximum Gasteiger partial charge on any atom is 0.252 e. The van der Waals surface area contributed by atoms with Gasteiger partial charge in [-0.15, -0.1) is 10.2 Å². The summed E-state index contributed by atoms with van der Waals surface area (Å²) in [5, 5.41) is 16.9. The molecule has 2 N–H and O–H groups in total. The lowest BCUT2D eigenvalue weighted by Crippen LogP contribution is -2.32. The van der Waals surface area contributed by atoms with Gasteiger partial charge in [-0.2, -0.15) is 5.21 Å². The first kappa shape index (κ1) is 16.5. The Hall–Kier alpha value is -2.32. The average Bonchev–Trinajstić information content (AvgIpc) is 3.29. The largest absolute Gasteiger partial charge is 0.383 e. The molecule has 128 valence electrons. The summed E-state index contributed by atoms with van der Waals surface area (Å²) in [6.45, 7) is 4.42. The van der Waals surface area contributed by atoms with Gasteiger partial charge in [-0.05, 0) is 30.2 Å². The van der Waals surface area contributed by atoms with Crippen molar-refractivity contribution in [3.05, 3.63) is 29.8 Å². The molecule has 1 fully saturated rings. The molecule has 8 nitrogen and oxygen atoms in total. The second kappa shape index (κ2) is 7.98. The van der Waals surface area contributed by atoms with Crippen molar-refractivity contribution in [1.29, 1.82) is 0 Å². The molecule has 1 aromatic heterocycles. The molecule has 1 atom stereocenters. The second-order valence-corrected chi connectivity index (χ2v) is 5.94. The van der Waals surface area contributed by atoms with Crippen molar-refractivity contribution in [3.63, 3.8) is 0 Å². The number of methoxy groups -OCH3 is 1. The summed E-state index contributed by atoms with van der Waals surface area (Å²) in [4.78, 5) is 14.9. The van der Waals surface area contributed by atoms with Crippen molar-refractivity contribution >= 4 is 5.91 Å². The molecule has 1 aliphatic heterocycles. The Morgan fingerprint density at radius 2 is 2.33 bits per heavy atom. The van der Waals surface area contributed by atoms with E-state index in [1.54, 1.807) is 13.2 Å². The number of rotatable bonds is 7. The van der Waals surface area contributed by atoms with Crippen LogP contribution in [0.2, 0.25) is 0 Å². The molecule has 2 heterocycles. The van der Waals surface area contributed by atoms with Crippen molar-refractivity contribution in [3.8, 4) is 11.4 Å². The predicted octanol–water partition coefficient (Wildman–Crippen LogP) is 0.565. The van der Waals surface area contributed by atoms with E-state index >= 15 is 0 Å². The summed E-state index contributed by atoms with van der Waals surface area (Å²) in [5.74, 6) is 0.793. The number of hydrogen-bond donors (Lipinski definition) is 2. The first-order valence-corrected chi connectivity index (χ1v) is 8.10. The van der Waals surface area contributed by atoms with Crippen LogP contribution >= 0.6 is 0 Å². The van der Waals surface area contributed by atoms with Gasteiger partial charge in [0.05, 0.1) is 12.2 Å². The van der Waals surface area contributed by atoms with Crippen LogP contribution < -0.4 is 5.32 Å². The van der Waals surface area contributed by atoms with E-state index in [0.717, 1.165) is 32.7 Å². The van der Waals surface area contributed by atoms with Gasteiger partial charge in [-0.3, -0.25) is 4.79 Å². The highest BCUT2D eigenvalue weighted by atomic mass is 16.5. The molecule has 1 aromatic carbocycles. The van der Waals surface area contributed by atoms with E-state index < -0.39 is 0 Å². The molecule has 0 unspecified atom stereocenters.